The number of sulfonamides is 1. The van der Waals surface area contributed by atoms with Crippen LogP contribution in [0, 0.1) is 0 Å². The molecule has 0 bridgehead atoms. The molecule has 0 atom stereocenters. The highest BCUT2D eigenvalue weighted by Gasteiger charge is 2.48. The Hall–Kier alpha value is -3.18. The minimum atomic E-state index is -4.49. The van der Waals surface area contributed by atoms with Crippen molar-refractivity contribution in [3.8, 4) is 5.69 Å². The van der Waals surface area contributed by atoms with Crippen LogP contribution < -0.4 is 4.72 Å². The third kappa shape index (κ3) is 4.25. The van der Waals surface area contributed by atoms with Gasteiger partial charge in [0.05, 0.1) is 21.7 Å². The molecule has 2 heterocycles. The van der Waals surface area contributed by atoms with Crippen molar-refractivity contribution in [3.63, 3.8) is 0 Å². The second-order valence-corrected chi connectivity index (χ2v) is 9.88. The number of halogens is 4. The number of hydrogen-bond donors (Lipinski definition) is 1. The van der Waals surface area contributed by atoms with Crippen LogP contribution in [-0.4, -0.2) is 34.6 Å². The molecule has 172 valence electrons. The van der Waals surface area contributed by atoms with E-state index in [-0.39, 0.29) is 16.1 Å². The number of benzene rings is 2. The molecule has 0 fully saturated rings. The maximum Gasteiger partial charge on any atom is 0.397 e. The van der Waals surface area contributed by atoms with Crippen molar-refractivity contribution in [2.45, 2.75) is 30.3 Å². The number of hydrogen-bond acceptors (Lipinski definition) is 5. The van der Waals surface area contributed by atoms with Gasteiger partial charge in [-0.25, -0.2) is 18.1 Å². The summed E-state index contributed by atoms with van der Waals surface area (Å²) in [4.78, 5) is 3.90. The summed E-state index contributed by atoms with van der Waals surface area (Å²) in [5.74, 6) is 0. The van der Waals surface area contributed by atoms with E-state index in [1.807, 2.05) is 0 Å². The Bertz CT molecular complexity index is 1430. The van der Waals surface area contributed by atoms with E-state index in [0.29, 0.717) is 21.9 Å². The third-order valence-corrected chi connectivity index (χ3v) is 6.87. The van der Waals surface area contributed by atoms with Crippen LogP contribution in [0.25, 0.3) is 16.9 Å². The summed E-state index contributed by atoms with van der Waals surface area (Å²) < 4.78 is 69.8. The zero-order valence-electron chi connectivity index (χ0n) is 17.3. The highest BCUT2D eigenvalue weighted by Crippen LogP contribution is 2.40. The lowest BCUT2D eigenvalue weighted by molar-refractivity contribution is -0.180. The lowest BCUT2D eigenvalue weighted by Crippen LogP contribution is -2.36. The van der Waals surface area contributed by atoms with Crippen LogP contribution in [0.3, 0.4) is 0 Å². The molecule has 0 saturated carbocycles. The molecule has 2 aromatic carbocycles. The van der Waals surface area contributed by atoms with Crippen molar-refractivity contribution in [2.24, 2.45) is 0 Å². The minimum Gasteiger partial charge on any atom is -0.277 e. The van der Waals surface area contributed by atoms with Crippen LogP contribution in [0.1, 0.15) is 19.4 Å². The molecule has 0 spiro atoms. The maximum absolute atomic E-state index is 13.3. The Balaban J connectivity index is 1.71. The summed E-state index contributed by atoms with van der Waals surface area (Å²) in [6.45, 7) is 2.07. The smallest absolute Gasteiger partial charge is 0.277 e. The number of rotatable bonds is 5. The average molecular weight is 496 g/mol. The van der Waals surface area contributed by atoms with Gasteiger partial charge in [-0.1, -0.05) is 28.9 Å². The standard InChI is InChI=1S/C21H17ClF3N5O2S/c1-20(2,21(23,24)25)13-5-8-15(9-6-13)33(31,32)28-16-10-7-14(22)12-18(16)30-17-4-3-11-26-19(17)27-29-30/h3-12,28H,1-2H3. The van der Waals surface area contributed by atoms with E-state index in [9.17, 15) is 21.6 Å². The molecule has 7 nitrogen and oxygen atoms in total. The minimum absolute atomic E-state index is 0.0530. The third-order valence-electron chi connectivity index (χ3n) is 5.25. The molecule has 2 aromatic heterocycles. The lowest BCUT2D eigenvalue weighted by Gasteiger charge is -2.28. The molecule has 0 aliphatic carbocycles. The van der Waals surface area contributed by atoms with Crippen molar-refractivity contribution in [1.29, 1.82) is 0 Å². The SMILES string of the molecule is CC(C)(c1ccc(S(=O)(=O)Nc2ccc(Cl)cc2-n2nnc3ncccc32)cc1)C(F)(F)F. The second kappa shape index (κ2) is 7.99. The molecule has 0 radical (unpaired) electrons. The van der Waals surface area contributed by atoms with Gasteiger partial charge in [0.1, 0.15) is 5.52 Å². The first-order valence-corrected chi connectivity index (χ1v) is 11.4. The first-order valence-electron chi connectivity index (χ1n) is 9.56. The summed E-state index contributed by atoms with van der Waals surface area (Å²) >= 11 is 6.12. The lowest BCUT2D eigenvalue weighted by atomic mass is 9.84. The largest absolute Gasteiger partial charge is 0.397 e. The van der Waals surface area contributed by atoms with Gasteiger partial charge in [0.15, 0.2) is 0 Å². The van der Waals surface area contributed by atoms with Gasteiger partial charge >= 0.3 is 6.18 Å². The quantitative estimate of drug-likeness (QED) is 0.415. The number of pyridine rings is 1. The molecule has 12 heteroatoms. The fourth-order valence-corrected chi connectivity index (χ4v) is 4.37. The predicted octanol–water partition coefficient (Wildman–Crippen LogP) is 5.11. The Morgan fingerprint density at radius 2 is 1.73 bits per heavy atom. The van der Waals surface area contributed by atoms with Gasteiger partial charge in [0.25, 0.3) is 10.0 Å². The Kier molecular flexibility index (Phi) is 5.57. The van der Waals surface area contributed by atoms with E-state index >= 15 is 0 Å². The van der Waals surface area contributed by atoms with Crippen molar-refractivity contribution in [2.75, 3.05) is 4.72 Å². The van der Waals surface area contributed by atoms with E-state index < -0.39 is 21.6 Å². The molecular weight excluding hydrogens is 479 g/mol. The van der Waals surface area contributed by atoms with E-state index in [2.05, 4.69) is 20.0 Å². The highest BCUT2D eigenvalue weighted by atomic mass is 35.5. The Morgan fingerprint density at radius 1 is 1.03 bits per heavy atom. The summed E-state index contributed by atoms with van der Waals surface area (Å²) in [5.41, 5.74) is -0.851. The summed E-state index contributed by atoms with van der Waals surface area (Å²) in [6.07, 6.45) is -2.94. The highest BCUT2D eigenvalue weighted by molar-refractivity contribution is 7.92. The molecule has 0 unspecified atom stereocenters. The molecular formula is C21H17ClF3N5O2S. The van der Waals surface area contributed by atoms with Crippen molar-refractivity contribution in [3.05, 3.63) is 71.4 Å². The number of fused-ring (bicyclic) bond motifs is 1. The number of anilines is 1. The number of nitrogens with one attached hydrogen (secondary N) is 1. The molecule has 1 N–H and O–H groups in total. The van der Waals surface area contributed by atoms with Crippen molar-refractivity contribution < 1.29 is 21.6 Å². The fraction of sp³-hybridized carbons (Fsp3) is 0.190. The zero-order valence-corrected chi connectivity index (χ0v) is 18.9. The fourth-order valence-electron chi connectivity index (χ4n) is 3.13. The summed E-state index contributed by atoms with van der Waals surface area (Å²) in [7, 11) is -4.14. The van der Waals surface area contributed by atoms with Crippen LogP contribution in [0.15, 0.2) is 65.7 Å². The normalized spacial score (nSPS) is 12.8. The average Bonchev–Trinajstić information content (AvgIpc) is 3.18. The molecule has 4 aromatic rings. The molecule has 0 amide bonds. The van der Waals surface area contributed by atoms with E-state index in [1.165, 1.54) is 22.9 Å². The van der Waals surface area contributed by atoms with Crippen LogP contribution >= 0.6 is 11.6 Å². The first-order chi connectivity index (χ1) is 15.4. The number of alkyl halides is 3. The van der Waals surface area contributed by atoms with Crippen LogP contribution in [0.5, 0.6) is 0 Å². The Morgan fingerprint density at radius 3 is 2.39 bits per heavy atom. The topological polar surface area (TPSA) is 89.8 Å². The van der Waals surface area contributed by atoms with Gasteiger partial charge in [-0.15, -0.1) is 5.10 Å². The number of aromatic nitrogens is 4. The maximum atomic E-state index is 13.3. The van der Waals surface area contributed by atoms with E-state index in [4.69, 9.17) is 11.6 Å². The molecule has 33 heavy (non-hydrogen) atoms. The van der Waals surface area contributed by atoms with Gasteiger partial charge in [-0.3, -0.25) is 4.72 Å². The molecule has 4 rings (SSSR count). The summed E-state index contributed by atoms with van der Waals surface area (Å²) in [6, 6.07) is 12.4. The molecule has 0 aliphatic rings. The zero-order chi connectivity index (χ0) is 24.0. The van der Waals surface area contributed by atoms with Crippen LogP contribution in [0.4, 0.5) is 18.9 Å². The monoisotopic (exact) mass is 495 g/mol. The van der Waals surface area contributed by atoms with Crippen molar-refractivity contribution >= 4 is 38.5 Å². The van der Waals surface area contributed by atoms with Gasteiger partial charge in [0, 0.05) is 11.2 Å². The second-order valence-electron chi connectivity index (χ2n) is 7.76. The van der Waals surface area contributed by atoms with Gasteiger partial charge < -0.3 is 0 Å². The van der Waals surface area contributed by atoms with E-state index in [1.54, 1.807) is 18.3 Å². The van der Waals surface area contributed by atoms with Crippen LogP contribution in [-0.2, 0) is 15.4 Å². The first kappa shape index (κ1) is 23.0. The van der Waals surface area contributed by atoms with Crippen molar-refractivity contribution in [1.82, 2.24) is 20.0 Å². The predicted molar refractivity (Wildman–Crippen MR) is 118 cm³/mol. The van der Waals surface area contributed by atoms with Gasteiger partial charge in [-0.05, 0) is 61.9 Å². The van der Waals surface area contributed by atoms with E-state index in [0.717, 1.165) is 38.1 Å². The molecule has 0 saturated heterocycles. The van der Waals surface area contributed by atoms with Gasteiger partial charge in [0.2, 0.25) is 5.65 Å². The van der Waals surface area contributed by atoms with Gasteiger partial charge in [-0.2, -0.15) is 13.2 Å². The van der Waals surface area contributed by atoms with Crippen LogP contribution in [0.2, 0.25) is 5.02 Å². The summed E-state index contributed by atoms with van der Waals surface area (Å²) in [5, 5.41) is 8.33. The molecule has 0 aliphatic heterocycles. The number of nitrogens with zero attached hydrogens (tertiary/aromatic N) is 4. The Labute approximate surface area is 192 Å².